The summed E-state index contributed by atoms with van der Waals surface area (Å²) in [6, 6.07) is 8.72. The van der Waals surface area contributed by atoms with Crippen molar-refractivity contribution >= 4 is 27.7 Å². The molecule has 0 aliphatic carbocycles. The summed E-state index contributed by atoms with van der Waals surface area (Å²) in [6.07, 6.45) is 5.13. The number of pyridine rings is 1. The third-order valence-electron chi connectivity index (χ3n) is 2.73. The second-order valence-corrected chi connectivity index (χ2v) is 5.20. The molecule has 0 atom stereocenters. The van der Waals surface area contributed by atoms with Crippen LogP contribution < -0.4 is 5.32 Å². The molecule has 3 aromatic rings. The van der Waals surface area contributed by atoms with E-state index in [-0.39, 0.29) is 11.7 Å². The van der Waals surface area contributed by atoms with Crippen LogP contribution in [0.25, 0.3) is 0 Å². The molecule has 3 aromatic heterocycles. The number of anilines is 1. The molecule has 0 saturated heterocycles. The van der Waals surface area contributed by atoms with Crippen LogP contribution in [0.5, 0.6) is 0 Å². The number of nitrogens with zero attached hydrogens (tertiary/aromatic N) is 3. The van der Waals surface area contributed by atoms with E-state index in [2.05, 4.69) is 31.3 Å². The molecular formula is C14H11BrN4O2. The summed E-state index contributed by atoms with van der Waals surface area (Å²) in [5.74, 6) is 1.03. The first-order valence-corrected chi connectivity index (χ1v) is 6.99. The van der Waals surface area contributed by atoms with Crippen molar-refractivity contribution in [1.82, 2.24) is 14.8 Å². The quantitative estimate of drug-likeness (QED) is 0.788. The molecule has 21 heavy (non-hydrogen) atoms. The van der Waals surface area contributed by atoms with Gasteiger partial charge in [0.25, 0.3) is 5.91 Å². The van der Waals surface area contributed by atoms with E-state index in [1.165, 1.54) is 0 Å². The van der Waals surface area contributed by atoms with Gasteiger partial charge in [0.15, 0.2) is 5.76 Å². The SMILES string of the molecule is O=C(Nc1ccc(Br)cn1)c1ccc(Cn2cccn2)o1. The van der Waals surface area contributed by atoms with Crippen LogP contribution in [0.3, 0.4) is 0 Å². The molecule has 0 radical (unpaired) electrons. The lowest BCUT2D eigenvalue weighted by atomic mass is 10.4. The zero-order chi connectivity index (χ0) is 14.7. The number of nitrogens with one attached hydrogen (secondary N) is 1. The topological polar surface area (TPSA) is 73.0 Å². The highest BCUT2D eigenvalue weighted by atomic mass is 79.9. The Morgan fingerprint density at radius 1 is 1.33 bits per heavy atom. The molecule has 1 amide bonds. The van der Waals surface area contributed by atoms with Gasteiger partial charge in [0, 0.05) is 23.1 Å². The first-order valence-electron chi connectivity index (χ1n) is 6.20. The fourth-order valence-corrected chi connectivity index (χ4v) is 2.00. The number of carbonyl (C=O) groups is 1. The molecule has 6 nitrogen and oxygen atoms in total. The predicted molar refractivity (Wildman–Crippen MR) is 79.9 cm³/mol. The lowest BCUT2D eigenvalue weighted by Gasteiger charge is -2.02. The number of amides is 1. The van der Waals surface area contributed by atoms with Crippen LogP contribution in [0.4, 0.5) is 5.82 Å². The Balaban J connectivity index is 1.67. The molecule has 0 aliphatic heterocycles. The number of aromatic nitrogens is 3. The molecule has 3 rings (SSSR count). The number of rotatable bonds is 4. The normalized spacial score (nSPS) is 10.5. The summed E-state index contributed by atoms with van der Waals surface area (Å²) in [6.45, 7) is 0.483. The summed E-state index contributed by atoms with van der Waals surface area (Å²) in [7, 11) is 0. The van der Waals surface area contributed by atoms with Gasteiger partial charge in [0.2, 0.25) is 0 Å². The van der Waals surface area contributed by atoms with Crippen molar-refractivity contribution in [3.05, 3.63) is 64.9 Å². The Morgan fingerprint density at radius 3 is 2.95 bits per heavy atom. The number of carbonyl (C=O) groups excluding carboxylic acids is 1. The van der Waals surface area contributed by atoms with Gasteiger partial charge in [-0.15, -0.1) is 0 Å². The Morgan fingerprint density at radius 2 is 2.24 bits per heavy atom. The van der Waals surface area contributed by atoms with Crippen LogP contribution in [-0.4, -0.2) is 20.7 Å². The monoisotopic (exact) mass is 346 g/mol. The maximum atomic E-state index is 12.0. The van der Waals surface area contributed by atoms with Crippen LogP contribution >= 0.6 is 15.9 Å². The summed E-state index contributed by atoms with van der Waals surface area (Å²) >= 11 is 3.29. The number of furan rings is 1. The second-order valence-electron chi connectivity index (χ2n) is 4.29. The van der Waals surface area contributed by atoms with Gasteiger partial charge >= 0.3 is 0 Å². The molecule has 0 saturated carbocycles. The highest BCUT2D eigenvalue weighted by molar-refractivity contribution is 9.10. The zero-order valence-electron chi connectivity index (χ0n) is 10.9. The highest BCUT2D eigenvalue weighted by Gasteiger charge is 2.12. The lowest BCUT2D eigenvalue weighted by Crippen LogP contribution is -2.11. The standard InChI is InChI=1S/C14H11BrN4O2/c15-10-2-5-13(16-8-10)18-14(20)12-4-3-11(21-12)9-19-7-1-6-17-19/h1-8H,9H2,(H,16,18,20). The van der Waals surface area contributed by atoms with Gasteiger partial charge in [0.1, 0.15) is 11.6 Å². The zero-order valence-corrected chi connectivity index (χ0v) is 12.4. The molecule has 0 fully saturated rings. The van der Waals surface area contributed by atoms with Crippen molar-refractivity contribution in [1.29, 1.82) is 0 Å². The third-order valence-corrected chi connectivity index (χ3v) is 3.20. The van der Waals surface area contributed by atoms with Crippen molar-refractivity contribution in [3.8, 4) is 0 Å². The molecule has 3 heterocycles. The van der Waals surface area contributed by atoms with E-state index in [0.29, 0.717) is 18.1 Å². The second kappa shape index (κ2) is 5.92. The van der Waals surface area contributed by atoms with E-state index in [1.54, 1.807) is 41.3 Å². The van der Waals surface area contributed by atoms with Crippen LogP contribution in [0.2, 0.25) is 0 Å². The molecule has 0 spiro atoms. The fraction of sp³-hybridized carbons (Fsp3) is 0.0714. The van der Waals surface area contributed by atoms with Crippen molar-refractivity contribution in [3.63, 3.8) is 0 Å². The Kier molecular flexibility index (Phi) is 3.83. The Hall–Kier alpha value is -2.41. The molecule has 0 bridgehead atoms. The number of hydrogen-bond donors (Lipinski definition) is 1. The molecule has 1 N–H and O–H groups in total. The van der Waals surface area contributed by atoms with E-state index in [9.17, 15) is 4.79 Å². The van der Waals surface area contributed by atoms with Crippen LogP contribution in [0.1, 0.15) is 16.3 Å². The summed E-state index contributed by atoms with van der Waals surface area (Å²) in [5.41, 5.74) is 0. The summed E-state index contributed by atoms with van der Waals surface area (Å²) in [5, 5.41) is 6.75. The molecule has 106 valence electrons. The number of hydrogen-bond acceptors (Lipinski definition) is 4. The molecule has 0 unspecified atom stereocenters. The van der Waals surface area contributed by atoms with Gasteiger partial charge in [-0.3, -0.25) is 9.48 Å². The Labute approximate surface area is 128 Å². The van der Waals surface area contributed by atoms with Crippen LogP contribution in [0, 0.1) is 0 Å². The van der Waals surface area contributed by atoms with Crippen LogP contribution in [-0.2, 0) is 6.54 Å². The minimum absolute atomic E-state index is 0.238. The third kappa shape index (κ3) is 3.38. The molecule has 0 aromatic carbocycles. The predicted octanol–water partition coefficient (Wildman–Crippen LogP) is 2.93. The minimum Gasteiger partial charge on any atom is -0.454 e. The average molecular weight is 347 g/mol. The molecular weight excluding hydrogens is 336 g/mol. The van der Waals surface area contributed by atoms with Crippen molar-refractivity contribution in [2.45, 2.75) is 6.54 Å². The van der Waals surface area contributed by atoms with E-state index >= 15 is 0 Å². The molecule has 7 heteroatoms. The maximum absolute atomic E-state index is 12.0. The van der Waals surface area contributed by atoms with Crippen molar-refractivity contribution in [2.75, 3.05) is 5.32 Å². The first kappa shape index (κ1) is 13.6. The lowest BCUT2D eigenvalue weighted by molar-refractivity contribution is 0.0994. The average Bonchev–Trinajstić information content (AvgIpc) is 3.13. The van der Waals surface area contributed by atoms with Gasteiger partial charge < -0.3 is 9.73 Å². The van der Waals surface area contributed by atoms with Crippen molar-refractivity contribution < 1.29 is 9.21 Å². The summed E-state index contributed by atoms with van der Waals surface area (Å²) in [4.78, 5) is 16.1. The highest BCUT2D eigenvalue weighted by Crippen LogP contribution is 2.14. The van der Waals surface area contributed by atoms with E-state index in [4.69, 9.17) is 4.42 Å². The van der Waals surface area contributed by atoms with Gasteiger partial charge in [-0.2, -0.15) is 5.10 Å². The maximum Gasteiger partial charge on any atom is 0.292 e. The first-order chi connectivity index (χ1) is 10.2. The Bertz CT molecular complexity index is 735. The largest absolute Gasteiger partial charge is 0.454 e. The van der Waals surface area contributed by atoms with E-state index in [1.807, 2.05) is 12.3 Å². The smallest absolute Gasteiger partial charge is 0.292 e. The van der Waals surface area contributed by atoms with Crippen LogP contribution in [0.15, 0.2) is 57.8 Å². The van der Waals surface area contributed by atoms with Gasteiger partial charge in [-0.05, 0) is 46.3 Å². The van der Waals surface area contributed by atoms with Gasteiger partial charge in [-0.25, -0.2) is 4.98 Å². The van der Waals surface area contributed by atoms with E-state index in [0.717, 1.165) is 4.47 Å². The van der Waals surface area contributed by atoms with Gasteiger partial charge in [-0.1, -0.05) is 0 Å². The summed E-state index contributed by atoms with van der Waals surface area (Å²) < 4.78 is 8.07. The fourth-order valence-electron chi connectivity index (χ4n) is 1.77. The molecule has 0 aliphatic rings. The minimum atomic E-state index is -0.337. The van der Waals surface area contributed by atoms with Gasteiger partial charge in [0.05, 0.1) is 6.54 Å². The van der Waals surface area contributed by atoms with Crippen molar-refractivity contribution in [2.24, 2.45) is 0 Å². The number of halogens is 1. The van der Waals surface area contributed by atoms with E-state index < -0.39 is 0 Å².